The Labute approximate surface area is 67.1 Å². The van der Waals surface area contributed by atoms with Crippen molar-refractivity contribution in [2.75, 3.05) is 6.26 Å². The molecule has 0 saturated carbocycles. The maximum atomic E-state index is 10.9. The molecule has 0 aliphatic carbocycles. The number of nitrogens with zero attached hydrogens (tertiary/aromatic N) is 3. The van der Waals surface area contributed by atoms with E-state index in [0.717, 1.165) is 0 Å². The summed E-state index contributed by atoms with van der Waals surface area (Å²) in [6.07, 6.45) is 8.07. The molecule has 1 rings (SSSR count). The Morgan fingerprint density at radius 3 is 3.18 bits per heavy atom. The van der Waals surface area contributed by atoms with E-state index in [1.807, 2.05) is 0 Å². The third-order valence-corrected chi connectivity index (χ3v) is 1.93. The van der Waals surface area contributed by atoms with Crippen molar-refractivity contribution in [1.82, 2.24) is 14.8 Å². The van der Waals surface area contributed by atoms with Crippen molar-refractivity contribution in [2.24, 2.45) is 0 Å². The van der Waals surface area contributed by atoms with Crippen molar-refractivity contribution in [3.63, 3.8) is 0 Å². The van der Waals surface area contributed by atoms with Gasteiger partial charge in [0.1, 0.15) is 6.33 Å². The van der Waals surface area contributed by atoms with E-state index in [2.05, 4.69) is 16.1 Å². The molecule has 0 aliphatic rings. The first-order valence-corrected chi connectivity index (χ1v) is 4.46. The Hall–Kier alpha value is -1.15. The molecule has 1 heterocycles. The molecule has 4 nitrogen and oxygen atoms in total. The van der Waals surface area contributed by atoms with Crippen molar-refractivity contribution >= 4 is 10.8 Å². The quantitative estimate of drug-likeness (QED) is 0.568. The van der Waals surface area contributed by atoms with E-state index in [1.54, 1.807) is 4.57 Å². The molecule has 1 aromatic rings. The van der Waals surface area contributed by atoms with Crippen molar-refractivity contribution < 1.29 is 4.21 Å². The van der Waals surface area contributed by atoms with Crippen LogP contribution in [0.3, 0.4) is 0 Å². The maximum absolute atomic E-state index is 10.9. The second kappa shape index (κ2) is 3.30. The van der Waals surface area contributed by atoms with Gasteiger partial charge in [0.05, 0.1) is 17.3 Å². The van der Waals surface area contributed by atoms with Gasteiger partial charge in [-0.1, -0.05) is 5.92 Å². The predicted octanol–water partition coefficient (Wildman–Crippen LogP) is -0.351. The van der Waals surface area contributed by atoms with Crippen LogP contribution >= 0.6 is 0 Å². The van der Waals surface area contributed by atoms with Crippen LogP contribution in [0.5, 0.6) is 0 Å². The maximum Gasteiger partial charge on any atom is 0.221 e. The topological polar surface area (TPSA) is 47.8 Å². The summed E-state index contributed by atoms with van der Waals surface area (Å²) in [5, 5.41) is 7.66. The van der Waals surface area contributed by atoms with Crippen molar-refractivity contribution in [3.05, 3.63) is 6.33 Å². The Kier molecular flexibility index (Phi) is 2.39. The summed E-state index contributed by atoms with van der Waals surface area (Å²) in [7, 11) is -1.12. The van der Waals surface area contributed by atoms with E-state index in [0.29, 0.717) is 11.7 Å². The minimum atomic E-state index is -1.12. The van der Waals surface area contributed by atoms with Crippen LogP contribution in [0.4, 0.5) is 0 Å². The monoisotopic (exact) mass is 169 g/mol. The second-order valence-electron chi connectivity index (χ2n) is 1.90. The molecule has 58 valence electrons. The fraction of sp³-hybridized carbons (Fsp3) is 0.333. The lowest BCUT2D eigenvalue weighted by molar-refractivity contribution is 0.661. The minimum Gasteiger partial charge on any atom is -0.295 e. The van der Waals surface area contributed by atoms with Crippen LogP contribution < -0.4 is 0 Å². The van der Waals surface area contributed by atoms with Crippen LogP contribution in [-0.2, 0) is 17.3 Å². The normalized spacial score (nSPS) is 12.4. The second-order valence-corrected chi connectivity index (χ2v) is 3.17. The molecule has 1 atom stereocenters. The third-order valence-electron chi connectivity index (χ3n) is 1.10. The fourth-order valence-electron chi connectivity index (χ4n) is 0.674. The zero-order valence-corrected chi connectivity index (χ0v) is 6.84. The van der Waals surface area contributed by atoms with E-state index in [-0.39, 0.29) is 0 Å². The van der Waals surface area contributed by atoms with Gasteiger partial charge in [-0.05, 0) is 0 Å². The minimum absolute atomic E-state index is 0.363. The average molecular weight is 169 g/mol. The van der Waals surface area contributed by atoms with Crippen LogP contribution in [0, 0.1) is 12.3 Å². The van der Waals surface area contributed by atoms with Crippen LogP contribution in [0.1, 0.15) is 0 Å². The molecule has 0 aliphatic heterocycles. The van der Waals surface area contributed by atoms with E-state index < -0.39 is 10.8 Å². The number of hydrogen-bond acceptors (Lipinski definition) is 3. The predicted molar refractivity (Wildman–Crippen MR) is 41.2 cm³/mol. The van der Waals surface area contributed by atoms with Gasteiger partial charge >= 0.3 is 0 Å². The van der Waals surface area contributed by atoms with Gasteiger partial charge < -0.3 is 0 Å². The molecule has 0 saturated heterocycles. The summed E-state index contributed by atoms with van der Waals surface area (Å²) >= 11 is 0. The first-order valence-electron chi connectivity index (χ1n) is 2.90. The third kappa shape index (κ3) is 1.65. The fourth-order valence-corrected chi connectivity index (χ4v) is 1.28. The SMILES string of the molecule is C#CCn1cnnc1S(C)=O. The highest BCUT2D eigenvalue weighted by Gasteiger charge is 2.05. The van der Waals surface area contributed by atoms with Gasteiger partial charge in [-0.15, -0.1) is 16.6 Å². The van der Waals surface area contributed by atoms with Crippen LogP contribution in [-0.4, -0.2) is 25.2 Å². The summed E-state index contributed by atoms with van der Waals surface area (Å²) in [4.78, 5) is 0. The Morgan fingerprint density at radius 2 is 2.64 bits per heavy atom. The number of hydrogen-bond donors (Lipinski definition) is 0. The summed E-state index contributed by atoms with van der Waals surface area (Å²) < 4.78 is 12.5. The standard InChI is InChI=1S/C6H7N3OS/c1-3-4-9-5-7-8-6(9)11(2)10/h1,5H,4H2,2H3. The highest BCUT2D eigenvalue weighted by Crippen LogP contribution is 1.98. The van der Waals surface area contributed by atoms with Gasteiger partial charge in [-0.25, -0.2) is 0 Å². The largest absolute Gasteiger partial charge is 0.295 e. The Bertz CT molecular complexity index is 312. The molecule has 0 fully saturated rings. The molecule has 0 radical (unpaired) electrons. The van der Waals surface area contributed by atoms with Crippen molar-refractivity contribution in [3.8, 4) is 12.3 Å². The smallest absolute Gasteiger partial charge is 0.221 e. The average Bonchev–Trinajstić information content (AvgIpc) is 2.36. The van der Waals surface area contributed by atoms with Gasteiger partial charge in [-0.2, -0.15) is 0 Å². The van der Waals surface area contributed by atoms with Crippen LogP contribution in [0.15, 0.2) is 11.5 Å². The van der Waals surface area contributed by atoms with Gasteiger partial charge in [0, 0.05) is 6.26 Å². The zero-order chi connectivity index (χ0) is 8.27. The first kappa shape index (κ1) is 7.95. The molecule has 5 heteroatoms. The first-order chi connectivity index (χ1) is 5.25. The molecule has 0 aromatic carbocycles. The Morgan fingerprint density at radius 1 is 1.91 bits per heavy atom. The summed E-state index contributed by atoms with van der Waals surface area (Å²) in [5.41, 5.74) is 0. The van der Waals surface area contributed by atoms with Gasteiger partial charge in [0.25, 0.3) is 0 Å². The van der Waals surface area contributed by atoms with Crippen molar-refractivity contribution in [2.45, 2.75) is 11.7 Å². The van der Waals surface area contributed by atoms with Crippen LogP contribution in [0.2, 0.25) is 0 Å². The summed E-state index contributed by atoms with van der Waals surface area (Å²) in [5.74, 6) is 2.41. The van der Waals surface area contributed by atoms with E-state index in [9.17, 15) is 4.21 Å². The number of terminal acetylenes is 1. The van der Waals surface area contributed by atoms with Gasteiger partial charge in [-0.3, -0.25) is 8.78 Å². The van der Waals surface area contributed by atoms with Gasteiger partial charge in [0.2, 0.25) is 5.16 Å². The molecule has 11 heavy (non-hydrogen) atoms. The lowest BCUT2D eigenvalue weighted by Crippen LogP contribution is -2.02. The summed E-state index contributed by atoms with van der Waals surface area (Å²) in [6.45, 7) is 0.363. The molecule has 0 amide bonds. The molecule has 1 unspecified atom stereocenters. The molecule has 0 spiro atoms. The van der Waals surface area contributed by atoms with E-state index >= 15 is 0 Å². The zero-order valence-electron chi connectivity index (χ0n) is 6.02. The molecule has 1 aromatic heterocycles. The summed E-state index contributed by atoms with van der Waals surface area (Å²) in [6, 6.07) is 0. The Balaban J connectivity index is 2.98. The highest BCUT2D eigenvalue weighted by atomic mass is 32.2. The lowest BCUT2D eigenvalue weighted by Gasteiger charge is -1.96. The van der Waals surface area contributed by atoms with E-state index in [4.69, 9.17) is 6.42 Å². The molecule has 0 bridgehead atoms. The van der Waals surface area contributed by atoms with Crippen LogP contribution in [0.25, 0.3) is 0 Å². The van der Waals surface area contributed by atoms with Gasteiger partial charge in [0.15, 0.2) is 0 Å². The number of rotatable bonds is 2. The number of aromatic nitrogens is 3. The molecule has 0 N–H and O–H groups in total. The van der Waals surface area contributed by atoms with E-state index in [1.165, 1.54) is 12.6 Å². The molecular formula is C6H7N3OS. The molecular weight excluding hydrogens is 162 g/mol. The highest BCUT2D eigenvalue weighted by molar-refractivity contribution is 7.84. The lowest BCUT2D eigenvalue weighted by atomic mass is 10.7. The van der Waals surface area contributed by atoms with Crippen molar-refractivity contribution in [1.29, 1.82) is 0 Å².